The molecule has 25 nitrogen and oxygen atoms in total. The summed E-state index contributed by atoms with van der Waals surface area (Å²) in [5.74, 6) is -7.39. The van der Waals surface area contributed by atoms with Gasteiger partial charge in [-0.05, 0) is 145 Å². The van der Waals surface area contributed by atoms with Crippen LogP contribution in [0.1, 0.15) is 123 Å². The van der Waals surface area contributed by atoms with Crippen LogP contribution in [0.25, 0.3) is 44.5 Å². The molecule has 0 fully saturated rings. The number of carbonyl (C=O) groups excluding carboxylic acids is 8. The van der Waals surface area contributed by atoms with Gasteiger partial charge in [0.15, 0.2) is 5.43 Å². The van der Waals surface area contributed by atoms with E-state index in [2.05, 4.69) is 41.7 Å². The standard InChI is InChI=1S/C79H79F2N8O17P/c1-3-46-23-27-49(28-24-46)72(94)83-37-14-12-22-64(74(96)85-45(2)71(93)86-63(70(82)92)21-11-13-38-84-73(95)50-29-34-58(61(41-50)77(99)100)69-59-35-32-52(90)42-67(59)105-68-43-53(91)33-36-60(68)69)87-75(97)65(40-48-25-30-51(31-26-48)79(80,81)106-107(102)103)88-76(98)66(39-47-15-5-4-6-16-47)89-78(101)104-44-62-56-19-9-7-17-54(56)55-18-8-10-20-57(55)62/h4-10,15-20,23-36,41-43,45,62-66,90,107H,3,11-14,21-22,37-40,44H2,1-2H3,(H2,82,92)(H,83,94)(H,84,95)(H,85,96)(H,86,93)(H,87,97)(H,88,98)(H,89,101)(H,99,100)(H,102,103). The Balaban J connectivity index is 0.820. The topological polar surface area (TPSA) is 390 Å². The molecule has 556 valence electrons. The average molecular weight is 1480 g/mol. The van der Waals surface area contributed by atoms with Crippen LogP contribution in [0.4, 0.5) is 13.6 Å². The van der Waals surface area contributed by atoms with Gasteiger partial charge in [-0.3, -0.25) is 42.9 Å². The smallest absolute Gasteiger partial charge is 0.407 e. The number of halogens is 2. The van der Waals surface area contributed by atoms with Crippen LogP contribution in [0.3, 0.4) is 0 Å². The summed E-state index contributed by atoms with van der Waals surface area (Å²) in [5.41, 5.74) is 11.4. The molecule has 28 heteroatoms. The van der Waals surface area contributed by atoms with Gasteiger partial charge in [0.2, 0.25) is 29.5 Å². The van der Waals surface area contributed by atoms with E-state index in [0.717, 1.165) is 58.5 Å². The number of alkyl carbamates (subject to hydrolysis) is 1. The second-order valence-electron chi connectivity index (χ2n) is 25.7. The van der Waals surface area contributed by atoms with Crippen molar-refractivity contribution in [3.8, 4) is 39.3 Å². The van der Waals surface area contributed by atoms with Crippen LogP contribution < -0.4 is 48.4 Å². The van der Waals surface area contributed by atoms with Gasteiger partial charge in [-0.2, -0.15) is 8.78 Å². The minimum Gasteiger partial charge on any atom is -0.508 e. The van der Waals surface area contributed by atoms with Crippen molar-refractivity contribution in [2.75, 3.05) is 19.7 Å². The summed E-state index contributed by atoms with van der Waals surface area (Å²) in [6.07, 6.45) is -4.36. The van der Waals surface area contributed by atoms with Crippen LogP contribution in [0.2, 0.25) is 0 Å². The van der Waals surface area contributed by atoms with Crippen LogP contribution in [0, 0.1) is 0 Å². The largest absolute Gasteiger partial charge is 0.508 e. The van der Waals surface area contributed by atoms with Crippen molar-refractivity contribution in [2.45, 2.75) is 114 Å². The van der Waals surface area contributed by atoms with E-state index in [9.17, 15) is 76.4 Å². The number of primary amides is 1. The lowest BCUT2D eigenvalue weighted by Crippen LogP contribution is -2.59. The Kier molecular flexibility index (Phi) is 25.9. The second-order valence-corrected chi connectivity index (χ2v) is 26.5. The van der Waals surface area contributed by atoms with E-state index in [-0.39, 0.29) is 121 Å². The van der Waals surface area contributed by atoms with Crippen molar-refractivity contribution in [1.82, 2.24) is 37.2 Å². The first-order chi connectivity index (χ1) is 51.3. The number of phenolic OH excluding ortho intramolecular Hbond substituents is 1. The molecule has 0 spiro atoms. The summed E-state index contributed by atoms with van der Waals surface area (Å²) in [4.78, 5) is 146. The first-order valence-corrected chi connectivity index (χ1v) is 35.9. The Morgan fingerprint density at radius 3 is 1.74 bits per heavy atom. The number of aryl methyl sites for hydroxylation is 1. The van der Waals surface area contributed by atoms with Crippen LogP contribution in [-0.2, 0) is 63.2 Å². The molecule has 0 radical (unpaired) electrons. The molecular formula is C79H79F2N8O17P. The number of carboxylic acid groups (broad SMARTS) is 1. The zero-order valence-electron chi connectivity index (χ0n) is 58.2. The number of hydrogen-bond acceptors (Lipinski definition) is 15. The predicted octanol–water partition coefficient (Wildman–Crippen LogP) is 9.32. The number of aromatic hydroxyl groups is 1. The normalized spacial score (nSPS) is 13.5. The quantitative estimate of drug-likeness (QED) is 0.0102. The van der Waals surface area contributed by atoms with E-state index >= 15 is 0 Å². The van der Waals surface area contributed by atoms with Gasteiger partial charge in [0.1, 0.15) is 53.9 Å². The Morgan fingerprint density at radius 2 is 1.12 bits per heavy atom. The molecule has 6 unspecified atom stereocenters. The molecule has 3 aliphatic rings. The van der Waals surface area contributed by atoms with E-state index < -0.39 is 104 Å². The second kappa shape index (κ2) is 35.7. The fourth-order valence-electron chi connectivity index (χ4n) is 12.7. The lowest BCUT2D eigenvalue weighted by Gasteiger charge is -2.27. The van der Waals surface area contributed by atoms with E-state index in [4.69, 9.17) is 14.9 Å². The molecule has 12 N–H and O–H groups in total. The summed E-state index contributed by atoms with van der Waals surface area (Å²) in [6.45, 7) is 3.30. The van der Waals surface area contributed by atoms with Crippen molar-refractivity contribution in [2.24, 2.45) is 5.73 Å². The minimum absolute atomic E-state index is 0.0118. The van der Waals surface area contributed by atoms with Gasteiger partial charge < -0.3 is 67.2 Å². The number of carboxylic acids is 1. The maximum Gasteiger partial charge on any atom is 0.407 e. The maximum absolute atomic E-state index is 15.0. The number of alkyl halides is 2. The van der Waals surface area contributed by atoms with Gasteiger partial charge in [-0.1, -0.05) is 128 Å². The SMILES string of the molecule is CCc1ccc(C(=O)NCCCCC(NC(=O)C(Cc2ccc(C(F)(F)O[PH](=O)O)cc2)NC(=O)C(Cc2ccccc2)NC(=O)OCC2c3ccccc3-c3ccccc32)C(=O)NC(C)C(=O)NC(CCCCNC(=O)c2ccc(-c3c4ccc(=O)cc-4oc4cc(O)ccc34)c(C(=O)O)c2)C(N)=O)cc1. The zero-order chi connectivity index (χ0) is 76.5. The van der Waals surface area contributed by atoms with Crippen molar-refractivity contribution in [3.05, 3.63) is 242 Å². The molecule has 7 aromatic carbocycles. The number of benzene rings is 8. The maximum atomic E-state index is 15.0. The Hall–Kier alpha value is -11.9. The van der Waals surface area contributed by atoms with E-state index in [1.54, 1.807) is 48.5 Å². The molecule has 7 aromatic rings. The molecule has 8 amide bonds. The zero-order valence-corrected chi connectivity index (χ0v) is 59.2. The first-order valence-electron chi connectivity index (χ1n) is 34.6. The number of unbranched alkanes of at least 4 members (excludes halogenated alkanes) is 2. The Labute approximate surface area is 613 Å². The van der Waals surface area contributed by atoms with Crippen molar-refractivity contribution >= 4 is 72.6 Å². The highest BCUT2D eigenvalue weighted by Crippen LogP contribution is 2.45. The molecule has 2 aliphatic carbocycles. The van der Waals surface area contributed by atoms with Crippen LogP contribution in [-0.4, -0.2) is 118 Å². The molecule has 6 atom stereocenters. The van der Waals surface area contributed by atoms with E-state index in [1.807, 2.05) is 67.6 Å². The van der Waals surface area contributed by atoms with Crippen molar-refractivity contribution in [3.63, 3.8) is 0 Å². The number of nitrogens with two attached hydrogens (primary N) is 1. The molecule has 0 saturated heterocycles. The fraction of sp³-hybridized carbons (Fsp3) is 0.266. The fourth-order valence-corrected chi connectivity index (χ4v) is 13.1. The molecule has 107 heavy (non-hydrogen) atoms. The number of rotatable bonds is 34. The van der Waals surface area contributed by atoms with Crippen LogP contribution in [0.5, 0.6) is 5.75 Å². The lowest BCUT2D eigenvalue weighted by atomic mass is 9.90. The summed E-state index contributed by atoms with van der Waals surface area (Å²) in [7, 11) is -4.12. The number of carbonyl (C=O) groups is 9. The van der Waals surface area contributed by atoms with Gasteiger partial charge in [0.25, 0.3) is 11.8 Å². The molecule has 0 saturated carbocycles. The molecule has 0 aromatic heterocycles. The van der Waals surface area contributed by atoms with Gasteiger partial charge in [-0.15, -0.1) is 0 Å². The Morgan fingerprint density at radius 1 is 0.579 bits per heavy atom. The highest BCUT2D eigenvalue weighted by molar-refractivity contribution is 7.32. The summed E-state index contributed by atoms with van der Waals surface area (Å²) < 4.78 is 56.9. The summed E-state index contributed by atoms with van der Waals surface area (Å²) in [6, 6.07) is 40.1. The predicted molar refractivity (Wildman–Crippen MR) is 392 cm³/mol. The van der Waals surface area contributed by atoms with Gasteiger partial charge >= 0.3 is 26.4 Å². The number of amides is 8. The van der Waals surface area contributed by atoms with Gasteiger partial charge in [-0.25, -0.2) is 14.1 Å². The summed E-state index contributed by atoms with van der Waals surface area (Å²) in [5, 5.41) is 39.8. The minimum atomic E-state index is -4.21. The average Bonchev–Trinajstić information content (AvgIpc) is 1.13. The van der Waals surface area contributed by atoms with E-state index in [0.29, 0.717) is 27.6 Å². The third kappa shape index (κ3) is 20.1. The van der Waals surface area contributed by atoms with Crippen molar-refractivity contribution in [1.29, 1.82) is 0 Å². The van der Waals surface area contributed by atoms with Crippen LogP contribution in [0.15, 0.2) is 191 Å². The molecule has 1 heterocycles. The first kappa shape index (κ1) is 77.7. The number of nitrogens with one attached hydrogen (secondary N) is 7. The number of aromatic carboxylic acids is 1. The van der Waals surface area contributed by atoms with Crippen molar-refractivity contribution < 1.29 is 85.3 Å². The van der Waals surface area contributed by atoms with Gasteiger partial charge in [0.05, 0.1) is 11.1 Å². The number of fused-ring (bicyclic) bond motifs is 5. The summed E-state index contributed by atoms with van der Waals surface area (Å²) >= 11 is 0. The molecule has 10 rings (SSSR count). The van der Waals surface area contributed by atoms with Gasteiger partial charge in [0, 0.05) is 71.6 Å². The number of ether oxygens (including phenoxy) is 1. The van der Waals surface area contributed by atoms with E-state index in [1.165, 1.54) is 55.5 Å². The monoisotopic (exact) mass is 1480 g/mol. The third-order valence-electron chi connectivity index (χ3n) is 18.4. The highest BCUT2D eigenvalue weighted by atomic mass is 31.1. The molecular weight excluding hydrogens is 1400 g/mol. The third-order valence-corrected chi connectivity index (χ3v) is 18.8. The Bertz CT molecular complexity index is 4790. The molecule has 0 bridgehead atoms. The lowest BCUT2D eigenvalue weighted by molar-refractivity contribution is -0.186. The number of hydrogen-bond donors (Lipinski definition) is 11. The highest BCUT2D eigenvalue weighted by Gasteiger charge is 2.37. The molecule has 1 aliphatic heterocycles. The van der Waals surface area contributed by atoms with Crippen LogP contribution >= 0.6 is 8.25 Å². The number of phenols is 1.